The quantitative estimate of drug-likeness (QED) is 0.413. The molecular formula is C29H34F3N3O7. The van der Waals surface area contributed by atoms with Crippen molar-refractivity contribution >= 4 is 29.0 Å². The van der Waals surface area contributed by atoms with Crippen LogP contribution in [-0.2, 0) is 38.3 Å². The number of Topliss-reactive ketones (excluding diaryl/α,β-unsaturated/α-hetero) is 4. The summed E-state index contributed by atoms with van der Waals surface area (Å²) in [6.45, 7) is 4.12. The van der Waals surface area contributed by atoms with Gasteiger partial charge in [0.15, 0.2) is 34.7 Å². The van der Waals surface area contributed by atoms with Crippen LogP contribution in [0.1, 0.15) is 60.2 Å². The summed E-state index contributed by atoms with van der Waals surface area (Å²) < 4.78 is 44.2. The fraction of sp³-hybridized carbons (Fsp3) is 0.621. The molecule has 3 fully saturated rings. The molecule has 5 rings (SSSR count). The number of primary amides is 1. The van der Waals surface area contributed by atoms with Crippen LogP contribution in [0.4, 0.5) is 13.2 Å². The van der Waals surface area contributed by atoms with E-state index in [1.54, 1.807) is 0 Å². The Balaban J connectivity index is 1.65. The van der Waals surface area contributed by atoms with Crippen molar-refractivity contribution in [2.24, 2.45) is 29.4 Å². The SMILES string of the molecule is CCN(Cc1cc(O)c2c(c1C(F)(F)F)C[C@H]1C[C@H]3[C@H](N(C)C)C(=O)C(C(N)=O)C(=O)[C@@]3(O)C(=O)C1C2=O)C1(C)CC1. The van der Waals surface area contributed by atoms with Crippen molar-refractivity contribution in [2.75, 3.05) is 20.6 Å². The average Bonchev–Trinajstić information content (AvgIpc) is 3.61. The van der Waals surface area contributed by atoms with Crippen molar-refractivity contribution < 1.29 is 47.4 Å². The first-order chi connectivity index (χ1) is 19.4. The maximum absolute atomic E-state index is 14.7. The molecular weight excluding hydrogens is 559 g/mol. The summed E-state index contributed by atoms with van der Waals surface area (Å²) in [5.41, 5.74) is -0.275. The summed E-state index contributed by atoms with van der Waals surface area (Å²) in [4.78, 5) is 69.5. The van der Waals surface area contributed by atoms with Gasteiger partial charge in [-0.05, 0) is 76.4 Å². The molecule has 1 amide bonds. The number of amides is 1. The molecule has 4 aliphatic rings. The lowest BCUT2D eigenvalue weighted by molar-refractivity contribution is -0.181. The molecule has 0 aromatic heterocycles. The largest absolute Gasteiger partial charge is 0.507 e. The summed E-state index contributed by atoms with van der Waals surface area (Å²) in [7, 11) is 2.86. The molecule has 0 saturated heterocycles. The minimum Gasteiger partial charge on any atom is -0.507 e. The van der Waals surface area contributed by atoms with Gasteiger partial charge in [-0.25, -0.2) is 0 Å². The fourth-order valence-corrected chi connectivity index (χ4v) is 7.61. The number of likely N-dealkylation sites (N-methyl/N-ethyl adjacent to an activating group) is 1. The van der Waals surface area contributed by atoms with Crippen molar-refractivity contribution in [3.8, 4) is 5.75 Å². The number of rotatable bonds is 6. The van der Waals surface area contributed by atoms with E-state index in [1.807, 2.05) is 18.7 Å². The molecule has 10 nitrogen and oxygen atoms in total. The van der Waals surface area contributed by atoms with Gasteiger partial charge in [-0.3, -0.25) is 33.8 Å². The second-order valence-corrected chi connectivity index (χ2v) is 12.6. The third kappa shape index (κ3) is 4.22. The van der Waals surface area contributed by atoms with Crippen LogP contribution in [-0.4, -0.2) is 86.9 Å². The van der Waals surface area contributed by atoms with E-state index in [9.17, 15) is 47.4 Å². The lowest BCUT2D eigenvalue weighted by Gasteiger charge is -2.52. The van der Waals surface area contributed by atoms with Crippen molar-refractivity contribution in [3.63, 3.8) is 0 Å². The minimum absolute atomic E-state index is 0.119. The summed E-state index contributed by atoms with van der Waals surface area (Å²) >= 11 is 0. The Hall–Kier alpha value is -3.16. The molecule has 4 N–H and O–H groups in total. The van der Waals surface area contributed by atoms with E-state index < -0.39 is 99.4 Å². The van der Waals surface area contributed by atoms with Crippen LogP contribution in [0, 0.1) is 23.7 Å². The molecule has 0 bridgehead atoms. The van der Waals surface area contributed by atoms with Crippen LogP contribution in [0.2, 0.25) is 0 Å². The number of benzene rings is 1. The molecule has 0 heterocycles. The molecule has 13 heteroatoms. The number of nitrogens with two attached hydrogens (primary N) is 1. The molecule has 0 radical (unpaired) electrons. The fourth-order valence-electron chi connectivity index (χ4n) is 7.61. The van der Waals surface area contributed by atoms with Crippen molar-refractivity contribution in [3.05, 3.63) is 28.3 Å². The number of ketones is 4. The third-order valence-corrected chi connectivity index (χ3v) is 9.91. The highest BCUT2D eigenvalue weighted by Gasteiger charge is 2.69. The Bertz CT molecular complexity index is 1420. The highest BCUT2D eigenvalue weighted by atomic mass is 19.4. The van der Waals surface area contributed by atoms with Gasteiger partial charge in [0.25, 0.3) is 0 Å². The van der Waals surface area contributed by atoms with Crippen molar-refractivity contribution in [1.82, 2.24) is 9.80 Å². The van der Waals surface area contributed by atoms with Crippen LogP contribution in [0.3, 0.4) is 0 Å². The second-order valence-electron chi connectivity index (χ2n) is 12.6. The number of halogens is 3. The predicted molar refractivity (Wildman–Crippen MR) is 140 cm³/mol. The monoisotopic (exact) mass is 593 g/mol. The van der Waals surface area contributed by atoms with Gasteiger partial charge in [0.05, 0.1) is 23.1 Å². The Morgan fingerprint density at radius 3 is 2.26 bits per heavy atom. The summed E-state index contributed by atoms with van der Waals surface area (Å²) in [5, 5.41) is 22.5. The Labute approximate surface area is 240 Å². The van der Waals surface area contributed by atoms with Gasteiger partial charge in [-0.1, -0.05) is 6.92 Å². The van der Waals surface area contributed by atoms with E-state index >= 15 is 0 Å². The minimum atomic E-state index is -4.90. The Morgan fingerprint density at radius 1 is 1.14 bits per heavy atom. The van der Waals surface area contributed by atoms with Crippen LogP contribution in [0.15, 0.2) is 6.07 Å². The van der Waals surface area contributed by atoms with Crippen LogP contribution in [0.5, 0.6) is 5.75 Å². The molecule has 1 aromatic rings. The molecule has 228 valence electrons. The third-order valence-electron chi connectivity index (χ3n) is 9.91. The first kappa shape index (κ1) is 30.3. The highest BCUT2D eigenvalue weighted by Crippen LogP contribution is 2.53. The summed E-state index contributed by atoms with van der Waals surface area (Å²) in [6.07, 6.45) is -4.05. The molecule has 0 aliphatic heterocycles. The number of fused-ring (bicyclic) bond motifs is 3. The van der Waals surface area contributed by atoms with Crippen LogP contribution in [0.25, 0.3) is 0 Å². The number of phenolic OH excluding ortho intramolecular Hbond substituents is 1. The van der Waals surface area contributed by atoms with Gasteiger partial charge in [0.1, 0.15) is 5.75 Å². The second kappa shape index (κ2) is 9.68. The van der Waals surface area contributed by atoms with Gasteiger partial charge >= 0.3 is 6.18 Å². The number of alkyl halides is 3. The van der Waals surface area contributed by atoms with Gasteiger partial charge in [-0.2, -0.15) is 13.2 Å². The van der Waals surface area contributed by atoms with E-state index in [4.69, 9.17) is 5.73 Å². The predicted octanol–water partition coefficient (Wildman–Crippen LogP) is 1.26. The zero-order valence-electron chi connectivity index (χ0n) is 23.7. The van der Waals surface area contributed by atoms with E-state index in [1.165, 1.54) is 19.0 Å². The van der Waals surface area contributed by atoms with Crippen molar-refractivity contribution in [1.29, 1.82) is 0 Å². The number of carbonyl (C=O) groups excluding carboxylic acids is 5. The maximum atomic E-state index is 14.7. The maximum Gasteiger partial charge on any atom is 0.417 e. The van der Waals surface area contributed by atoms with Crippen LogP contribution < -0.4 is 5.73 Å². The van der Waals surface area contributed by atoms with E-state index in [2.05, 4.69) is 0 Å². The lowest BCUT2D eigenvalue weighted by atomic mass is 9.52. The topological polar surface area (TPSA) is 158 Å². The molecule has 4 aliphatic carbocycles. The van der Waals surface area contributed by atoms with E-state index in [0.717, 1.165) is 18.9 Å². The number of hydrogen-bond acceptors (Lipinski definition) is 9. The zero-order valence-corrected chi connectivity index (χ0v) is 23.7. The molecule has 2 unspecified atom stereocenters. The first-order valence-electron chi connectivity index (χ1n) is 13.9. The van der Waals surface area contributed by atoms with Gasteiger partial charge in [0, 0.05) is 18.0 Å². The Kier molecular flexibility index (Phi) is 6.98. The normalized spacial score (nSPS) is 32.1. The standard InChI is InChI=1S/C29H34F3N3O7/c1-5-35(27(2)6-7-27)11-13-10-16(36)18-14(20(13)29(30,31)32)8-12-9-15-21(34(3)4)23(38)19(26(33)41)25(40)28(15,42)24(39)17(12)22(18)37/h10,12,15,17,19,21,36,42H,5-9,11H2,1-4H3,(H2,33,41)/t12-,15-,17?,19?,21-,28-/m0/s1. The lowest BCUT2D eigenvalue weighted by Crippen LogP contribution is -2.74. The van der Waals surface area contributed by atoms with Gasteiger partial charge in [0.2, 0.25) is 5.91 Å². The number of aliphatic hydroxyl groups is 1. The van der Waals surface area contributed by atoms with Gasteiger partial charge in [-0.15, -0.1) is 0 Å². The van der Waals surface area contributed by atoms with Gasteiger partial charge < -0.3 is 15.9 Å². The number of aromatic hydroxyl groups is 1. The van der Waals surface area contributed by atoms with Crippen molar-refractivity contribution in [2.45, 2.75) is 69.4 Å². The summed E-state index contributed by atoms with van der Waals surface area (Å²) in [5.74, 6) is -13.3. The number of carbonyl (C=O) groups is 5. The highest BCUT2D eigenvalue weighted by molar-refractivity contribution is 6.32. The average molecular weight is 594 g/mol. The Morgan fingerprint density at radius 2 is 1.76 bits per heavy atom. The molecule has 3 saturated carbocycles. The summed E-state index contributed by atoms with van der Waals surface area (Å²) in [6, 6.07) is -0.430. The molecule has 1 aromatic carbocycles. The molecule has 6 atom stereocenters. The zero-order chi connectivity index (χ0) is 31.3. The number of hydrogen-bond donors (Lipinski definition) is 3. The number of nitrogens with zero attached hydrogens (tertiary/aromatic N) is 2. The smallest absolute Gasteiger partial charge is 0.417 e. The first-order valence-corrected chi connectivity index (χ1v) is 13.9. The van der Waals surface area contributed by atoms with E-state index in [0.29, 0.717) is 6.54 Å². The number of phenols is 1. The molecule has 42 heavy (non-hydrogen) atoms. The molecule has 0 spiro atoms. The van der Waals surface area contributed by atoms with E-state index in [-0.39, 0.29) is 24.1 Å². The van der Waals surface area contributed by atoms with Crippen LogP contribution >= 0.6 is 0 Å².